The molecule has 0 aliphatic carbocycles. The Hall–Kier alpha value is -1.94. The zero-order chi connectivity index (χ0) is 13.7. The lowest BCUT2D eigenvalue weighted by molar-refractivity contribution is 0.163. The number of halogens is 1. The number of aromatic nitrogens is 1. The molecule has 100 valence electrons. The van der Waals surface area contributed by atoms with Crippen LogP contribution in [0.4, 0.5) is 4.39 Å². The summed E-state index contributed by atoms with van der Waals surface area (Å²) in [5.41, 5.74) is 6.92. The molecule has 1 aromatic carbocycles. The molecule has 0 fully saturated rings. The van der Waals surface area contributed by atoms with Crippen molar-refractivity contribution in [1.29, 1.82) is 0 Å². The molecule has 19 heavy (non-hydrogen) atoms. The Morgan fingerprint density at radius 3 is 2.68 bits per heavy atom. The average Bonchev–Trinajstić information content (AvgIpc) is 2.46. The summed E-state index contributed by atoms with van der Waals surface area (Å²) >= 11 is 0. The SMILES string of the molecule is CCC(N)C(Oc1ccccc1F)c1cccnc1. The molecule has 1 aromatic heterocycles. The van der Waals surface area contributed by atoms with E-state index in [4.69, 9.17) is 10.5 Å². The van der Waals surface area contributed by atoms with Gasteiger partial charge in [-0.25, -0.2) is 4.39 Å². The molecular weight excluding hydrogens is 243 g/mol. The lowest BCUT2D eigenvalue weighted by Gasteiger charge is -2.24. The number of nitrogens with two attached hydrogens (primary N) is 1. The van der Waals surface area contributed by atoms with Crippen molar-refractivity contribution in [2.45, 2.75) is 25.5 Å². The van der Waals surface area contributed by atoms with Gasteiger partial charge in [-0.05, 0) is 24.6 Å². The van der Waals surface area contributed by atoms with E-state index in [0.29, 0.717) is 0 Å². The van der Waals surface area contributed by atoms with E-state index in [-0.39, 0.29) is 17.6 Å². The number of ether oxygens (including phenoxy) is 1. The molecule has 4 heteroatoms. The minimum Gasteiger partial charge on any atom is -0.481 e. The Balaban J connectivity index is 2.27. The van der Waals surface area contributed by atoms with Crippen molar-refractivity contribution in [1.82, 2.24) is 4.98 Å². The molecule has 2 aromatic rings. The molecular formula is C15H17FN2O. The van der Waals surface area contributed by atoms with Crippen molar-refractivity contribution in [2.24, 2.45) is 5.73 Å². The van der Waals surface area contributed by atoms with E-state index in [1.54, 1.807) is 30.6 Å². The maximum atomic E-state index is 13.7. The summed E-state index contributed by atoms with van der Waals surface area (Å²) in [7, 11) is 0. The lowest BCUT2D eigenvalue weighted by Crippen LogP contribution is -2.31. The van der Waals surface area contributed by atoms with Crippen LogP contribution in [-0.4, -0.2) is 11.0 Å². The number of nitrogens with zero attached hydrogens (tertiary/aromatic N) is 1. The Morgan fingerprint density at radius 2 is 2.05 bits per heavy atom. The molecule has 2 unspecified atom stereocenters. The summed E-state index contributed by atoms with van der Waals surface area (Å²) in [4.78, 5) is 4.06. The second kappa shape index (κ2) is 6.29. The highest BCUT2D eigenvalue weighted by molar-refractivity contribution is 5.26. The maximum absolute atomic E-state index is 13.7. The highest BCUT2D eigenvalue weighted by Crippen LogP contribution is 2.26. The molecule has 0 saturated carbocycles. The third kappa shape index (κ3) is 3.29. The molecule has 0 spiro atoms. The van der Waals surface area contributed by atoms with Gasteiger partial charge in [-0.15, -0.1) is 0 Å². The van der Waals surface area contributed by atoms with Crippen LogP contribution in [0.2, 0.25) is 0 Å². The molecule has 2 N–H and O–H groups in total. The molecule has 2 rings (SSSR count). The fraction of sp³-hybridized carbons (Fsp3) is 0.267. The first-order chi connectivity index (χ1) is 9.22. The fourth-order valence-corrected chi connectivity index (χ4v) is 1.84. The second-order valence-electron chi connectivity index (χ2n) is 4.33. The van der Waals surface area contributed by atoms with Crippen LogP contribution in [0.1, 0.15) is 25.0 Å². The van der Waals surface area contributed by atoms with Crippen LogP contribution >= 0.6 is 0 Å². The van der Waals surface area contributed by atoms with Gasteiger partial charge in [0.25, 0.3) is 0 Å². The zero-order valence-corrected chi connectivity index (χ0v) is 10.8. The minimum atomic E-state index is -0.407. The second-order valence-corrected chi connectivity index (χ2v) is 4.33. The molecule has 2 atom stereocenters. The highest BCUT2D eigenvalue weighted by Gasteiger charge is 2.21. The van der Waals surface area contributed by atoms with Crippen molar-refractivity contribution in [2.75, 3.05) is 0 Å². The van der Waals surface area contributed by atoms with E-state index in [1.807, 2.05) is 19.1 Å². The van der Waals surface area contributed by atoms with E-state index >= 15 is 0 Å². The van der Waals surface area contributed by atoms with Gasteiger partial charge >= 0.3 is 0 Å². The minimum absolute atomic E-state index is 0.209. The molecule has 3 nitrogen and oxygen atoms in total. The topological polar surface area (TPSA) is 48.1 Å². The fourth-order valence-electron chi connectivity index (χ4n) is 1.84. The number of hydrogen-bond donors (Lipinski definition) is 1. The maximum Gasteiger partial charge on any atom is 0.165 e. The molecule has 0 saturated heterocycles. The predicted molar refractivity (Wildman–Crippen MR) is 72.3 cm³/mol. The van der Waals surface area contributed by atoms with Gasteiger partial charge in [-0.3, -0.25) is 4.98 Å². The van der Waals surface area contributed by atoms with E-state index < -0.39 is 6.10 Å². The summed E-state index contributed by atoms with van der Waals surface area (Å²) in [6.07, 6.45) is 3.70. The van der Waals surface area contributed by atoms with E-state index in [2.05, 4.69) is 4.98 Å². The number of pyridine rings is 1. The lowest BCUT2D eigenvalue weighted by atomic mass is 10.0. The van der Waals surface area contributed by atoms with Gasteiger partial charge in [-0.2, -0.15) is 0 Å². The van der Waals surface area contributed by atoms with E-state index in [9.17, 15) is 4.39 Å². The van der Waals surface area contributed by atoms with Gasteiger partial charge in [0.15, 0.2) is 11.6 Å². The summed E-state index contributed by atoms with van der Waals surface area (Å²) in [6.45, 7) is 1.97. The number of hydrogen-bond acceptors (Lipinski definition) is 3. The summed E-state index contributed by atoms with van der Waals surface area (Å²) in [5, 5.41) is 0. The van der Waals surface area contributed by atoms with Crippen molar-refractivity contribution in [3.63, 3.8) is 0 Å². The molecule has 0 amide bonds. The first kappa shape index (κ1) is 13.5. The van der Waals surface area contributed by atoms with Crippen molar-refractivity contribution < 1.29 is 9.13 Å². The van der Waals surface area contributed by atoms with Crippen LogP contribution in [0, 0.1) is 5.82 Å². The van der Waals surface area contributed by atoms with Crippen LogP contribution in [0.25, 0.3) is 0 Å². The summed E-state index contributed by atoms with van der Waals surface area (Å²) in [6, 6.07) is 9.80. The van der Waals surface area contributed by atoms with Gasteiger partial charge in [0.05, 0.1) is 0 Å². The predicted octanol–water partition coefficient (Wildman–Crippen LogP) is 3.08. The van der Waals surface area contributed by atoms with Gasteiger partial charge in [-0.1, -0.05) is 25.1 Å². The largest absolute Gasteiger partial charge is 0.481 e. The zero-order valence-electron chi connectivity index (χ0n) is 10.8. The molecule has 1 heterocycles. The average molecular weight is 260 g/mol. The van der Waals surface area contributed by atoms with E-state index in [0.717, 1.165) is 12.0 Å². The van der Waals surface area contributed by atoms with Gasteiger partial charge < -0.3 is 10.5 Å². The smallest absolute Gasteiger partial charge is 0.165 e. The van der Waals surface area contributed by atoms with Gasteiger partial charge in [0.2, 0.25) is 0 Å². The van der Waals surface area contributed by atoms with Crippen LogP contribution in [0.15, 0.2) is 48.8 Å². The van der Waals surface area contributed by atoms with Gasteiger partial charge in [0, 0.05) is 24.0 Å². The highest BCUT2D eigenvalue weighted by atomic mass is 19.1. The summed E-state index contributed by atoms with van der Waals surface area (Å²) < 4.78 is 19.4. The van der Waals surface area contributed by atoms with Crippen molar-refractivity contribution in [3.05, 3.63) is 60.2 Å². The summed E-state index contributed by atoms with van der Waals surface area (Å²) in [5.74, 6) is -0.181. The van der Waals surface area contributed by atoms with Crippen molar-refractivity contribution >= 4 is 0 Å². The van der Waals surface area contributed by atoms with Crippen LogP contribution in [0.3, 0.4) is 0 Å². The van der Waals surface area contributed by atoms with E-state index in [1.165, 1.54) is 6.07 Å². The third-order valence-electron chi connectivity index (χ3n) is 2.96. The Bertz CT molecular complexity index is 519. The third-order valence-corrected chi connectivity index (χ3v) is 2.96. The van der Waals surface area contributed by atoms with Crippen LogP contribution < -0.4 is 10.5 Å². The number of rotatable bonds is 5. The molecule has 0 radical (unpaired) electrons. The quantitative estimate of drug-likeness (QED) is 0.898. The number of para-hydroxylation sites is 1. The number of benzene rings is 1. The first-order valence-electron chi connectivity index (χ1n) is 6.29. The Morgan fingerprint density at radius 1 is 1.26 bits per heavy atom. The molecule has 0 aliphatic heterocycles. The Kier molecular flexibility index (Phi) is 4.47. The first-order valence-corrected chi connectivity index (χ1v) is 6.29. The standard InChI is InChI=1S/C15H17FN2O/c1-2-13(17)15(11-6-5-9-18-10-11)19-14-8-4-3-7-12(14)16/h3-10,13,15H,2,17H2,1H3. The Labute approximate surface area is 112 Å². The monoisotopic (exact) mass is 260 g/mol. The van der Waals surface area contributed by atoms with Crippen LogP contribution in [-0.2, 0) is 0 Å². The molecule has 0 bridgehead atoms. The van der Waals surface area contributed by atoms with Crippen LogP contribution in [0.5, 0.6) is 5.75 Å². The van der Waals surface area contributed by atoms with Crippen molar-refractivity contribution in [3.8, 4) is 5.75 Å². The molecule has 0 aliphatic rings. The normalized spacial score (nSPS) is 13.8. The van der Waals surface area contributed by atoms with Gasteiger partial charge in [0.1, 0.15) is 6.10 Å².